The number of anilines is 1. The van der Waals surface area contributed by atoms with Gasteiger partial charge in [-0.05, 0) is 18.2 Å². The first-order chi connectivity index (χ1) is 9.25. The Morgan fingerprint density at radius 2 is 1.63 bits per heavy atom. The van der Waals surface area contributed by atoms with E-state index in [9.17, 15) is 0 Å². The van der Waals surface area contributed by atoms with E-state index in [0.717, 1.165) is 27.5 Å². The van der Waals surface area contributed by atoms with Crippen molar-refractivity contribution in [3.8, 4) is 21.8 Å². The summed E-state index contributed by atoms with van der Waals surface area (Å²) in [6.07, 6.45) is 0. The average molecular weight is 287 g/mol. The molecule has 1 heterocycles. The van der Waals surface area contributed by atoms with Crippen molar-refractivity contribution in [3.63, 3.8) is 0 Å². The number of aromatic nitrogens is 1. The Labute approximate surface area is 120 Å². The molecule has 3 aromatic rings. The molecule has 0 unspecified atom stereocenters. The number of hydrogen-bond donors (Lipinski definition) is 1. The van der Waals surface area contributed by atoms with Crippen molar-refractivity contribution < 1.29 is 0 Å². The van der Waals surface area contributed by atoms with Crippen LogP contribution in [-0.4, -0.2) is 4.98 Å². The van der Waals surface area contributed by atoms with Gasteiger partial charge in [0.15, 0.2) is 0 Å². The predicted molar refractivity (Wildman–Crippen MR) is 82.4 cm³/mol. The molecule has 0 radical (unpaired) electrons. The highest BCUT2D eigenvalue weighted by Gasteiger charge is 2.10. The van der Waals surface area contributed by atoms with Crippen LogP contribution in [0.1, 0.15) is 0 Å². The van der Waals surface area contributed by atoms with Crippen LogP contribution in [-0.2, 0) is 0 Å². The Bertz CT molecular complexity index is 661. The van der Waals surface area contributed by atoms with Crippen molar-refractivity contribution in [2.24, 2.45) is 0 Å². The van der Waals surface area contributed by atoms with E-state index in [-0.39, 0.29) is 0 Å². The number of para-hydroxylation sites is 1. The van der Waals surface area contributed by atoms with Crippen LogP contribution in [0.5, 0.6) is 0 Å². The molecule has 0 bridgehead atoms. The predicted octanol–water partition coefficient (Wildman–Crippen LogP) is 4.71. The lowest BCUT2D eigenvalue weighted by Crippen LogP contribution is -1.88. The molecule has 0 aliphatic rings. The molecule has 0 atom stereocenters. The van der Waals surface area contributed by atoms with Gasteiger partial charge in [0.25, 0.3) is 0 Å². The van der Waals surface area contributed by atoms with Gasteiger partial charge in [0.05, 0.1) is 5.69 Å². The summed E-state index contributed by atoms with van der Waals surface area (Å²) in [6, 6.07) is 15.4. The van der Waals surface area contributed by atoms with Gasteiger partial charge in [0.2, 0.25) is 0 Å². The molecule has 0 fully saturated rings. The molecule has 3 rings (SSSR count). The summed E-state index contributed by atoms with van der Waals surface area (Å²) in [6.45, 7) is 0. The summed E-state index contributed by atoms with van der Waals surface area (Å²) in [4.78, 5) is 4.63. The Hall–Kier alpha value is -1.84. The highest BCUT2D eigenvalue weighted by molar-refractivity contribution is 7.13. The fourth-order valence-corrected chi connectivity index (χ4v) is 2.98. The number of nitrogens with two attached hydrogens (primary N) is 1. The molecule has 4 heteroatoms. The maximum atomic E-state index is 6.19. The van der Waals surface area contributed by atoms with Crippen molar-refractivity contribution in [3.05, 3.63) is 58.9 Å². The molecule has 0 aliphatic carbocycles. The SMILES string of the molecule is Nc1ccccc1-c1nc(-c2ccccc2Cl)cs1. The van der Waals surface area contributed by atoms with Gasteiger partial charge in [-0.1, -0.05) is 41.9 Å². The fourth-order valence-electron chi connectivity index (χ4n) is 1.88. The number of thiazole rings is 1. The van der Waals surface area contributed by atoms with Crippen molar-refractivity contribution in [2.75, 3.05) is 5.73 Å². The van der Waals surface area contributed by atoms with Gasteiger partial charge in [-0.3, -0.25) is 0 Å². The van der Waals surface area contributed by atoms with Gasteiger partial charge < -0.3 is 5.73 Å². The lowest BCUT2D eigenvalue weighted by molar-refractivity contribution is 1.40. The summed E-state index contributed by atoms with van der Waals surface area (Å²) >= 11 is 7.76. The van der Waals surface area contributed by atoms with E-state index in [1.54, 1.807) is 11.3 Å². The minimum Gasteiger partial charge on any atom is -0.398 e. The van der Waals surface area contributed by atoms with Crippen LogP contribution in [0.3, 0.4) is 0 Å². The largest absolute Gasteiger partial charge is 0.398 e. The molecule has 0 saturated heterocycles. The third-order valence-corrected chi connectivity index (χ3v) is 4.05. The molecular weight excluding hydrogens is 276 g/mol. The lowest BCUT2D eigenvalue weighted by Gasteiger charge is -2.01. The van der Waals surface area contributed by atoms with Crippen LogP contribution < -0.4 is 5.73 Å². The number of rotatable bonds is 2. The quantitative estimate of drug-likeness (QED) is 0.693. The van der Waals surface area contributed by atoms with Gasteiger partial charge in [0.1, 0.15) is 5.01 Å². The van der Waals surface area contributed by atoms with Gasteiger partial charge in [-0.15, -0.1) is 11.3 Å². The third kappa shape index (κ3) is 2.35. The molecule has 1 aromatic heterocycles. The molecular formula is C15H11ClN2S. The van der Waals surface area contributed by atoms with E-state index in [1.165, 1.54) is 0 Å². The third-order valence-electron chi connectivity index (χ3n) is 2.85. The first-order valence-electron chi connectivity index (χ1n) is 5.81. The van der Waals surface area contributed by atoms with Crippen LogP contribution in [0, 0.1) is 0 Å². The molecule has 2 N–H and O–H groups in total. The van der Waals surface area contributed by atoms with Gasteiger partial charge in [-0.2, -0.15) is 0 Å². The first kappa shape index (κ1) is 12.2. The smallest absolute Gasteiger partial charge is 0.126 e. The fraction of sp³-hybridized carbons (Fsp3) is 0. The maximum absolute atomic E-state index is 6.19. The number of nitrogen functional groups attached to an aromatic ring is 1. The number of hydrogen-bond acceptors (Lipinski definition) is 3. The van der Waals surface area contributed by atoms with Crippen molar-refractivity contribution in [1.82, 2.24) is 4.98 Å². The minimum atomic E-state index is 0.709. The zero-order valence-corrected chi connectivity index (χ0v) is 11.6. The van der Waals surface area contributed by atoms with E-state index < -0.39 is 0 Å². The molecule has 94 valence electrons. The molecule has 2 nitrogen and oxygen atoms in total. The zero-order chi connectivity index (χ0) is 13.2. The van der Waals surface area contributed by atoms with Crippen LogP contribution in [0.2, 0.25) is 5.02 Å². The zero-order valence-electron chi connectivity index (χ0n) is 10.0. The molecule has 0 spiro atoms. The monoisotopic (exact) mass is 286 g/mol. The topological polar surface area (TPSA) is 38.9 Å². The van der Waals surface area contributed by atoms with Crippen LogP contribution in [0.25, 0.3) is 21.8 Å². The summed E-state index contributed by atoms with van der Waals surface area (Å²) in [5, 5.41) is 3.62. The Balaban J connectivity index is 2.06. The molecule has 0 saturated carbocycles. The van der Waals surface area contributed by atoms with E-state index >= 15 is 0 Å². The molecule has 19 heavy (non-hydrogen) atoms. The number of nitrogens with zero attached hydrogens (tertiary/aromatic N) is 1. The van der Waals surface area contributed by atoms with Crippen molar-refractivity contribution in [1.29, 1.82) is 0 Å². The van der Waals surface area contributed by atoms with Crippen LogP contribution in [0.15, 0.2) is 53.9 Å². The number of halogens is 1. The van der Waals surface area contributed by atoms with Crippen molar-refractivity contribution >= 4 is 28.6 Å². The van der Waals surface area contributed by atoms with Gasteiger partial charge in [0, 0.05) is 27.2 Å². The summed E-state index contributed by atoms with van der Waals surface area (Å²) < 4.78 is 0. The normalized spacial score (nSPS) is 10.6. The second-order valence-electron chi connectivity index (χ2n) is 4.10. The number of benzene rings is 2. The summed E-state index contributed by atoms with van der Waals surface area (Å²) in [5.41, 5.74) is 9.50. The molecule has 0 amide bonds. The first-order valence-corrected chi connectivity index (χ1v) is 7.07. The molecule has 0 aliphatic heterocycles. The highest BCUT2D eigenvalue weighted by Crippen LogP contribution is 2.34. The average Bonchev–Trinajstić information content (AvgIpc) is 2.89. The Kier molecular flexibility index (Phi) is 3.23. The van der Waals surface area contributed by atoms with Gasteiger partial charge >= 0.3 is 0 Å². The van der Waals surface area contributed by atoms with E-state index in [4.69, 9.17) is 17.3 Å². The maximum Gasteiger partial charge on any atom is 0.126 e. The minimum absolute atomic E-state index is 0.709. The van der Waals surface area contributed by atoms with E-state index in [2.05, 4.69) is 4.98 Å². The lowest BCUT2D eigenvalue weighted by atomic mass is 10.1. The Morgan fingerprint density at radius 1 is 0.947 bits per heavy atom. The van der Waals surface area contributed by atoms with Crippen LogP contribution >= 0.6 is 22.9 Å². The second-order valence-corrected chi connectivity index (χ2v) is 5.37. The standard InChI is InChI=1S/C15H11ClN2S/c16-12-7-3-1-5-10(12)14-9-19-15(18-14)11-6-2-4-8-13(11)17/h1-9H,17H2. The summed E-state index contributed by atoms with van der Waals surface area (Å²) in [5.74, 6) is 0. The van der Waals surface area contributed by atoms with Crippen LogP contribution in [0.4, 0.5) is 5.69 Å². The van der Waals surface area contributed by atoms with Crippen molar-refractivity contribution in [2.45, 2.75) is 0 Å². The van der Waals surface area contributed by atoms with E-state index in [1.807, 2.05) is 53.9 Å². The second kappa shape index (κ2) is 5.03. The van der Waals surface area contributed by atoms with Gasteiger partial charge in [-0.25, -0.2) is 4.98 Å². The molecule has 2 aromatic carbocycles. The highest BCUT2D eigenvalue weighted by atomic mass is 35.5. The van der Waals surface area contributed by atoms with E-state index in [0.29, 0.717) is 5.02 Å². The Morgan fingerprint density at radius 3 is 2.37 bits per heavy atom. The summed E-state index contributed by atoms with van der Waals surface area (Å²) in [7, 11) is 0.